The molecule has 4 aromatic rings. The highest BCUT2D eigenvalue weighted by atomic mass is 35.5. The van der Waals surface area contributed by atoms with Crippen molar-refractivity contribution in [1.82, 2.24) is 25.2 Å². The molecule has 0 unspecified atom stereocenters. The number of aromatic nitrogens is 3. The Hall–Kier alpha value is -3.26. The first-order valence-corrected chi connectivity index (χ1v) is 11.9. The first-order valence-electron chi connectivity index (χ1n) is 11.2. The van der Waals surface area contributed by atoms with Crippen LogP contribution in [0.2, 0.25) is 10.0 Å². The second kappa shape index (κ2) is 10.6. The topological polar surface area (TPSA) is 88.9 Å². The lowest BCUT2D eigenvalue weighted by Crippen LogP contribution is -2.37. The van der Waals surface area contributed by atoms with Gasteiger partial charge in [-0.1, -0.05) is 35.3 Å². The highest BCUT2D eigenvalue weighted by molar-refractivity contribution is 6.31. The number of carbonyl (C=O) groups excluding carboxylic acids is 1. The Morgan fingerprint density at radius 2 is 1.80 bits per heavy atom. The van der Waals surface area contributed by atoms with Gasteiger partial charge in [0.25, 0.3) is 5.56 Å². The number of rotatable bonds is 7. The van der Waals surface area contributed by atoms with Gasteiger partial charge in [0, 0.05) is 40.0 Å². The van der Waals surface area contributed by atoms with E-state index in [1.807, 2.05) is 39.1 Å². The number of pyridine rings is 1. The van der Waals surface area contributed by atoms with Crippen LogP contribution in [0.15, 0.2) is 59.5 Å². The first kappa shape index (κ1) is 24.9. The van der Waals surface area contributed by atoms with Crippen LogP contribution in [0.1, 0.15) is 19.4 Å². The summed E-state index contributed by atoms with van der Waals surface area (Å²) >= 11 is 12.5. The van der Waals surface area contributed by atoms with Crippen molar-refractivity contribution in [2.45, 2.75) is 33.0 Å². The number of benzene rings is 2. The molecule has 9 heteroatoms. The molecule has 0 spiro atoms. The van der Waals surface area contributed by atoms with E-state index in [9.17, 15) is 9.59 Å². The minimum absolute atomic E-state index is 0.0656. The molecular weight excluding hydrogens is 485 g/mol. The standard InChI is InChI=1S/C26H25Cl2N5O2/c1-15(2)31-23(34)14-33-25(17-5-4-6-20(27)9-17)32-24-22(26(33)35)11-19(13-30-24)18-7-16(12-29-3)8-21(28)10-18/h4-11,13,15,29H,12,14H2,1-3H3,(H,31,34). The molecule has 2 heterocycles. The molecule has 2 aromatic carbocycles. The fourth-order valence-electron chi connectivity index (χ4n) is 3.89. The van der Waals surface area contributed by atoms with Crippen LogP contribution in [0.5, 0.6) is 0 Å². The number of nitrogens with zero attached hydrogens (tertiary/aromatic N) is 3. The normalized spacial score (nSPS) is 11.3. The molecule has 2 aromatic heterocycles. The molecule has 0 aliphatic rings. The molecule has 0 saturated carbocycles. The van der Waals surface area contributed by atoms with Gasteiger partial charge >= 0.3 is 0 Å². The van der Waals surface area contributed by atoms with Gasteiger partial charge in [0.1, 0.15) is 12.4 Å². The Balaban J connectivity index is 1.90. The molecule has 0 aliphatic heterocycles. The lowest BCUT2D eigenvalue weighted by atomic mass is 10.0. The maximum atomic E-state index is 13.7. The van der Waals surface area contributed by atoms with Gasteiger partial charge < -0.3 is 10.6 Å². The summed E-state index contributed by atoms with van der Waals surface area (Å²) in [6.45, 7) is 4.19. The third-order valence-electron chi connectivity index (χ3n) is 5.32. The van der Waals surface area contributed by atoms with E-state index in [4.69, 9.17) is 23.2 Å². The molecule has 2 N–H and O–H groups in total. The molecule has 0 aliphatic carbocycles. The molecule has 35 heavy (non-hydrogen) atoms. The summed E-state index contributed by atoms with van der Waals surface area (Å²) in [4.78, 5) is 35.4. The molecule has 0 saturated heterocycles. The van der Waals surface area contributed by atoms with Crippen molar-refractivity contribution in [3.63, 3.8) is 0 Å². The maximum Gasteiger partial charge on any atom is 0.263 e. The van der Waals surface area contributed by atoms with Gasteiger partial charge in [-0.05, 0) is 68.4 Å². The van der Waals surface area contributed by atoms with Crippen molar-refractivity contribution in [3.8, 4) is 22.5 Å². The molecule has 180 valence electrons. The number of amides is 1. The average Bonchev–Trinajstić information content (AvgIpc) is 2.80. The van der Waals surface area contributed by atoms with Gasteiger partial charge in [-0.2, -0.15) is 0 Å². The molecule has 0 radical (unpaired) electrons. The summed E-state index contributed by atoms with van der Waals surface area (Å²) in [7, 11) is 1.86. The molecule has 0 atom stereocenters. The third-order valence-corrected chi connectivity index (χ3v) is 5.77. The molecule has 4 rings (SSSR count). The number of fused-ring (bicyclic) bond motifs is 1. The van der Waals surface area contributed by atoms with Gasteiger partial charge in [-0.25, -0.2) is 9.97 Å². The van der Waals surface area contributed by atoms with Crippen LogP contribution >= 0.6 is 23.2 Å². The van der Waals surface area contributed by atoms with Crippen molar-refractivity contribution in [3.05, 3.63) is 80.7 Å². The van der Waals surface area contributed by atoms with E-state index < -0.39 is 0 Å². The lowest BCUT2D eigenvalue weighted by Gasteiger charge is -2.15. The van der Waals surface area contributed by atoms with Crippen LogP contribution in [0.4, 0.5) is 0 Å². The maximum absolute atomic E-state index is 13.7. The number of hydrogen-bond acceptors (Lipinski definition) is 5. The van der Waals surface area contributed by atoms with Crippen molar-refractivity contribution in [2.24, 2.45) is 0 Å². The van der Waals surface area contributed by atoms with E-state index >= 15 is 0 Å². The molecule has 1 amide bonds. The summed E-state index contributed by atoms with van der Waals surface area (Å²) in [5.74, 6) is 0.0328. The summed E-state index contributed by atoms with van der Waals surface area (Å²) in [5.41, 5.74) is 3.10. The zero-order valence-corrected chi connectivity index (χ0v) is 21.1. The lowest BCUT2D eigenvalue weighted by molar-refractivity contribution is -0.122. The second-order valence-corrected chi connectivity index (χ2v) is 9.41. The van der Waals surface area contributed by atoms with E-state index in [0.717, 1.165) is 16.7 Å². The van der Waals surface area contributed by atoms with Crippen molar-refractivity contribution >= 4 is 40.1 Å². The Morgan fingerprint density at radius 1 is 1.03 bits per heavy atom. The fraction of sp³-hybridized carbons (Fsp3) is 0.231. The van der Waals surface area contributed by atoms with E-state index in [2.05, 4.69) is 20.6 Å². The quantitative estimate of drug-likeness (QED) is 0.377. The smallest absolute Gasteiger partial charge is 0.263 e. The highest BCUT2D eigenvalue weighted by Crippen LogP contribution is 2.27. The van der Waals surface area contributed by atoms with Crippen LogP contribution in [0.25, 0.3) is 33.5 Å². The zero-order valence-electron chi connectivity index (χ0n) is 19.6. The van der Waals surface area contributed by atoms with Gasteiger partial charge in [-0.3, -0.25) is 14.2 Å². The molecule has 0 bridgehead atoms. The third kappa shape index (κ3) is 5.70. The Bertz CT molecular complexity index is 1470. The molecular formula is C26H25Cl2N5O2. The van der Waals surface area contributed by atoms with Crippen LogP contribution in [0.3, 0.4) is 0 Å². The second-order valence-electron chi connectivity index (χ2n) is 8.53. The van der Waals surface area contributed by atoms with Crippen molar-refractivity contribution in [2.75, 3.05) is 7.05 Å². The largest absolute Gasteiger partial charge is 0.352 e. The number of halogens is 2. The fourth-order valence-corrected chi connectivity index (χ4v) is 4.34. The van der Waals surface area contributed by atoms with E-state index in [1.165, 1.54) is 4.57 Å². The van der Waals surface area contributed by atoms with Crippen LogP contribution in [0, 0.1) is 0 Å². The first-order chi connectivity index (χ1) is 16.7. The van der Waals surface area contributed by atoms with Gasteiger partial charge in [0.2, 0.25) is 5.91 Å². The molecule has 7 nitrogen and oxygen atoms in total. The summed E-state index contributed by atoms with van der Waals surface area (Å²) in [6.07, 6.45) is 1.67. The van der Waals surface area contributed by atoms with Crippen molar-refractivity contribution < 1.29 is 4.79 Å². The zero-order chi connectivity index (χ0) is 25.1. The number of hydrogen-bond donors (Lipinski definition) is 2. The number of carbonyl (C=O) groups is 1. The van der Waals surface area contributed by atoms with Crippen LogP contribution in [-0.2, 0) is 17.9 Å². The van der Waals surface area contributed by atoms with E-state index in [0.29, 0.717) is 33.4 Å². The monoisotopic (exact) mass is 509 g/mol. The summed E-state index contributed by atoms with van der Waals surface area (Å²) < 4.78 is 1.36. The van der Waals surface area contributed by atoms with E-state index in [1.54, 1.807) is 36.5 Å². The predicted molar refractivity (Wildman–Crippen MR) is 141 cm³/mol. The minimum atomic E-state index is -0.365. The minimum Gasteiger partial charge on any atom is -0.352 e. The van der Waals surface area contributed by atoms with Gasteiger partial charge in [-0.15, -0.1) is 0 Å². The van der Waals surface area contributed by atoms with Gasteiger partial charge in [0.15, 0.2) is 5.65 Å². The average molecular weight is 510 g/mol. The predicted octanol–water partition coefficient (Wildman–Crippen LogP) is 4.68. The van der Waals surface area contributed by atoms with Crippen molar-refractivity contribution in [1.29, 1.82) is 0 Å². The number of nitrogens with one attached hydrogen (secondary N) is 2. The van der Waals surface area contributed by atoms with Crippen LogP contribution in [-0.4, -0.2) is 33.5 Å². The molecule has 0 fully saturated rings. The van der Waals surface area contributed by atoms with Crippen LogP contribution < -0.4 is 16.2 Å². The SMILES string of the molecule is CNCc1cc(Cl)cc(-c2cnc3nc(-c4cccc(Cl)c4)n(CC(=O)NC(C)C)c(=O)c3c2)c1. The Labute approximate surface area is 213 Å². The summed E-state index contributed by atoms with van der Waals surface area (Å²) in [6, 6.07) is 14.4. The Morgan fingerprint density at radius 3 is 2.51 bits per heavy atom. The van der Waals surface area contributed by atoms with Gasteiger partial charge in [0.05, 0.1) is 5.39 Å². The summed E-state index contributed by atoms with van der Waals surface area (Å²) in [5, 5.41) is 7.33. The highest BCUT2D eigenvalue weighted by Gasteiger charge is 2.18. The van der Waals surface area contributed by atoms with E-state index in [-0.39, 0.29) is 29.7 Å². The Kier molecular flexibility index (Phi) is 7.50.